The van der Waals surface area contributed by atoms with Gasteiger partial charge < -0.3 is 10.1 Å². The van der Waals surface area contributed by atoms with E-state index in [-0.39, 0.29) is 5.91 Å². The van der Waals surface area contributed by atoms with Gasteiger partial charge in [-0.15, -0.1) is 0 Å². The summed E-state index contributed by atoms with van der Waals surface area (Å²) in [6.07, 6.45) is 5.69. The van der Waals surface area contributed by atoms with Crippen molar-refractivity contribution in [1.82, 2.24) is 5.32 Å². The predicted molar refractivity (Wildman–Crippen MR) is 71.4 cm³/mol. The highest BCUT2D eigenvalue weighted by atomic mass is 16.5. The van der Waals surface area contributed by atoms with Crippen LogP contribution in [0.25, 0.3) is 0 Å². The van der Waals surface area contributed by atoms with Crippen molar-refractivity contribution in [3.8, 4) is 5.75 Å². The zero-order valence-corrected chi connectivity index (χ0v) is 10.9. The Balaban J connectivity index is 1.77. The van der Waals surface area contributed by atoms with Crippen molar-refractivity contribution in [2.45, 2.75) is 38.6 Å². The van der Waals surface area contributed by atoms with E-state index in [0.717, 1.165) is 11.3 Å². The topological polar surface area (TPSA) is 38.3 Å². The van der Waals surface area contributed by atoms with Crippen molar-refractivity contribution in [1.29, 1.82) is 0 Å². The van der Waals surface area contributed by atoms with Crippen LogP contribution in [0.1, 0.15) is 37.7 Å². The number of carbonyl (C=O) groups is 1. The summed E-state index contributed by atoms with van der Waals surface area (Å²) in [5, 5.41) is 2.98. The molecule has 1 aromatic rings. The Morgan fingerprint density at radius 1 is 1.39 bits per heavy atom. The van der Waals surface area contributed by atoms with Crippen LogP contribution in [0.2, 0.25) is 0 Å². The lowest BCUT2D eigenvalue weighted by atomic mass is 10.0. The molecule has 0 atom stereocenters. The molecule has 0 spiro atoms. The summed E-state index contributed by atoms with van der Waals surface area (Å²) in [6.45, 7) is 0.586. The summed E-state index contributed by atoms with van der Waals surface area (Å²) in [5.74, 6) is 1.61. The number of amides is 1. The molecule has 0 bridgehead atoms. The predicted octanol–water partition coefficient (Wildman–Crippen LogP) is 2.89. The van der Waals surface area contributed by atoms with Crippen LogP contribution in [-0.4, -0.2) is 13.0 Å². The number of carbonyl (C=O) groups excluding carboxylic acids is 1. The molecule has 1 amide bonds. The molecule has 1 aliphatic carbocycles. The highest BCUT2D eigenvalue weighted by Gasteiger charge is 2.17. The number of methoxy groups -OCH3 is 1. The van der Waals surface area contributed by atoms with Crippen LogP contribution in [0.5, 0.6) is 5.75 Å². The molecule has 0 saturated heterocycles. The fourth-order valence-electron chi connectivity index (χ4n) is 2.53. The molecule has 1 fully saturated rings. The van der Waals surface area contributed by atoms with Gasteiger partial charge in [-0.25, -0.2) is 0 Å². The first-order chi connectivity index (χ1) is 8.78. The summed E-state index contributed by atoms with van der Waals surface area (Å²) in [5.41, 5.74) is 1.08. The van der Waals surface area contributed by atoms with Crippen LogP contribution >= 0.6 is 0 Å². The third-order valence-corrected chi connectivity index (χ3v) is 3.57. The Labute approximate surface area is 109 Å². The highest BCUT2D eigenvalue weighted by molar-refractivity contribution is 5.76. The molecule has 3 nitrogen and oxygen atoms in total. The Hall–Kier alpha value is -1.51. The average molecular weight is 247 g/mol. The molecule has 1 saturated carbocycles. The van der Waals surface area contributed by atoms with Gasteiger partial charge in [-0.05, 0) is 36.5 Å². The number of nitrogens with one attached hydrogen (secondary N) is 1. The van der Waals surface area contributed by atoms with E-state index in [1.165, 1.54) is 25.7 Å². The molecule has 1 aromatic carbocycles. The molecular weight excluding hydrogens is 226 g/mol. The number of hydrogen-bond donors (Lipinski definition) is 1. The molecular formula is C15H21NO2. The smallest absolute Gasteiger partial charge is 0.220 e. The van der Waals surface area contributed by atoms with Gasteiger partial charge in [0.1, 0.15) is 5.75 Å². The summed E-state index contributed by atoms with van der Waals surface area (Å²) < 4.78 is 5.16. The van der Waals surface area contributed by atoms with Gasteiger partial charge in [0.05, 0.1) is 7.11 Å². The first-order valence-electron chi connectivity index (χ1n) is 6.67. The van der Waals surface area contributed by atoms with E-state index < -0.39 is 0 Å². The van der Waals surface area contributed by atoms with E-state index in [2.05, 4.69) is 5.32 Å². The van der Waals surface area contributed by atoms with E-state index in [0.29, 0.717) is 18.9 Å². The van der Waals surface area contributed by atoms with Gasteiger partial charge in [0.15, 0.2) is 0 Å². The van der Waals surface area contributed by atoms with Gasteiger partial charge in [0.2, 0.25) is 5.91 Å². The van der Waals surface area contributed by atoms with Crippen molar-refractivity contribution >= 4 is 5.91 Å². The normalized spacial score (nSPS) is 15.6. The molecule has 0 unspecified atom stereocenters. The largest absolute Gasteiger partial charge is 0.497 e. The van der Waals surface area contributed by atoms with E-state index in [4.69, 9.17) is 4.74 Å². The minimum absolute atomic E-state index is 0.171. The van der Waals surface area contributed by atoms with Gasteiger partial charge in [-0.2, -0.15) is 0 Å². The molecule has 98 valence electrons. The molecule has 0 radical (unpaired) electrons. The van der Waals surface area contributed by atoms with Crippen LogP contribution in [0.3, 0.4) is 0 Å². The van der Waals surface area contributed by atoms with Gasteiger partial charge in [-0.1, -0.05) is 25.0 Å². The summed E-state index contributed by atoms with van der Waals surface area (Å²) >= 11 is 0. The first-order valence-corrected chi connectivity index (χ1v) is 6.67. The van der Waals surface area contributed by atoms with Gasteiger partial charge >= 0.3 is 0 Å². The number of benzene rings is 1. The number of rotatable bonds is 5. The second-order valence-electron chi connectivity index (χ2n) is 4.98. The third-order valence-electron chi connectivity index (χ3n) is 3.57. The molecule has 18 heavy (non-hydrogen) atoms. The van der Waals surface area contributed by atoms with E-state index in [1.54, 1.807) is 7.11 Å². The van der Waals surface area contributed by atoms with Crippen molar-refractivity contribution < 1.29 is 9.53 Å². The lowest BCUT2D eigenvalue weighted by molar-refractivity contribution is -0.122. The van der Waals surface area contributed by atoms with Crippen molar-refractivity contribution in [3.63, 3.8) is 0 Å². The molecule has 2 rings (SSSR count). The maximum Gasteiger partial charge on any atom is 0.220 e. The van der Waals surface area contributed by atoms with Crippen molar-refractivity contribution in [3.05, 3.63) is 29.8 Å². The van der Waals surface area contributed by atoms with E-state index >= 15 is 0 Å². The minimum Gasteiger partial charge on any atom is -0.497 e. The molecule has 0 aromatic heterocycles. The van der Waals surface area contributed by atoms with Gasteiger partial charge in [-0.3, -0.25) is 4.79 Å². The van der Waals surface area contributed by atoms with Gasteiger partial charge in [0.25, 0.3) is 0 Å². The highest BCUT2D eigenvalue weighted by Crippen LogP contribution is 2.27. The van der Waals surface area contributed by atoms with E-state index in [9.17, 15) is 4.79 Å². The lowest BCUT2D eigenvalue weighted by Crippen LogP contribution is -2.24. The summed E-state index contributed by atoms with van der Waals surface area (Å²) in [7, 11) is 1.65. The quantitative estimate of drug-likeness (QED) is 0.868. The minimum atomic E-state index is 0.171. The van der Waals surface area contributed by atoms with E-state index in [1.807, 2.05) is 24.3 Å². The molecule has 1 N–H and O–H groups in total. The molecule has 0 heterocycles. The van der Waals surface area contributed by atoms with Crippen LogP contribution in [0, 0.1) is 5.92 Å². The van der Waals surface area contributed by atoms with Gasteiger partial charge in [0, 0.05) is 13.0 Å². The maximum atomic E-state index is 11.8. The summed E-state index contributed by atoms with van der Waals surface area (Å²) in [6, 6.07) is 7.80. The van der Waals surface area contributed by atoms with Crippen LogP contribution < -0.4 is 10.1 Å². The Morgan fingerprint density at radius 2 is 2.17 bits per heavy atom. The van der Waals surface area contributed by atoms with Crippen LogP contribution in [0.15, 0.2) is 24.3 Å². The molecule has 1 aliphatic rings. The second kappa shape index (κ2) is 6.43. The summed E-state index contributed by atoms with van der Waals surface area (Å²) in [4.78, 5) is 11.8. The van der Waals surface area contributed by atoms with Crippen molar-refractivity contribution in [2.24, 2.45) is 5.92 Å². The Kier molecular flexibility index (Phi) is 4.62. The fraction of sp³-hybridized carbons (Fsp3) is 0.533. The monoisotopic (exact) mass is 247 g/mol. The number of hydrogen-bond acceptors (Lipinski definition) is 2. The fourth-order valence-corrected chi connectivity index (χ4v) is 2.53. The zero-order valence-electron chi connectivity index (χ0n) is 10.9. The first kappa shape index (κ1) is 12.9. The second-order valence-corrected chi connectivity index (χ2v) is 4.98. The SMILES string of the molecule is COc1cccc(CNC(=O)CC2CCCC2)c1. The molecule has 0 aliphatic heterocycles. The molecule has 3 heteroatoms. The third kappa shape index (κ3) is 3.76. The zero-order chi connectivity index (χ0) is 12.8. The van der Waals surface area contributed by atoms with Crippen LogP contribution in [-0.2, 0) is 11.3 Å². The van der Waals surface area contributed by atoms with Crippen LogP contribution in [0.4, 0.5) is 0 Å². The maximum absolute atomic E-state index is 11.8. The van der Waals surface area contributed by atoms with Crippen molar-refractivity contribution in [2.75, 3.05) is 7.11 Å². The number of ether oxygens (including phenoxy) is 1. The standard InChI is InChI=1S/C15H21NO2/c1-18-14-8-4-7-13(9-14)11-16-15(17)10-12-5-2-3-6-12/h4,7-9,12H,2-3,5-6,10-11H2,1H3,(H,16,17). The lowest BCUT2D eigenvalue weighted by Gasteiger charge is -2.10. The average Bonchev–Trinajstić information content (AvgIpc) is 2.89. The Morgan fingerprint density at radius 3 is 2.89 bits per heavy atom. The Bertz CT molecular complexity index is 397.